The van der Waals surface area contributed by atoms with Gasteiger partial charge in [0.15, 0.2) is 0 Å². The summed E-state index contributed by atoms with van der Waals surface area (Å²) >= 11 is 1.47. The highest BCUT2D eigenvalue weighted by Crippen LogP contribution is 2.20. The first-order chi connectivity index (χ1) is 16.1. The van der Waals surface area contributed by atoms with Crippen LogP contribution in [0.3, 0.4) is 0 Å². The third-order valence-electron chi connectivity index (χ3n) is 5.63. The topological polar surface area (TPSA) is 205 Å². The van der Waals surface area contributed by atoms with E-state index in [1.165, 1.54) is 16.7 Å². The fourth-order valence-electron chi connectivity index (χ4n) is 3.70. The maximum Gasteiger partial charge on any atom is 0.326 e. The lowest BCUT2D eigenvalue weighted by Crippen LogP contribution is -2.57. The van der Waals surface area contributed by atoms with E-state index < -0.39 is 53.8 Å². The average Bonchev–Trinajstić information content (AvgIpc) is 3.29. The maximum absolute atomic E-state index is 13.2. The molecule has 8 N–H and O–H groups in total. The molecule has 0 spiro atoms. The molecule has 1 fully saturated rings. The fourth-order valence-corrected chi connectivity index (χ4v) is 4.17. The van der Waals surface area contributed by atoms with Crippen LogP contribution in [0.1, 0.15) is 51.4 Å². The molecular weight excluding hydrogens is 466 g/mol. The second-order valence-corrected chi connectivity index (χ2v) is 9.24. The summed E-state index contributed by atoms with van der Waals surface area (Å²) in [7, 11) is 0. The highest BCUT2D eigenvalue weighted by molar-refractivity contribution is 7.98. The number of rotatable bonds is 16. The van der Waals surface area contributed by atoms with Crippen molar-refractivity contribution in [2.75, 3.05) is 25.1 Å². The number of nitrogens with zero attached hydrogens (tertiary/aromatic N) is 1. The summed E-state index contributed by atoms with van der Waals surface area (Å²) in [6, 6.07) is -3.95. The number of hydrogen-bond donors (Lipinski definition) is 6. The summed E-state index contributed by atoms with van der Waals surface area (Å²) in [6.45, 7) is 0.709. The monoisotopic (exact) mass is 503 g/mol. The quantitative estimate of drug-likeness (QED) is 0.143. The van der Waals surface area contributed by atoms with Crippen molar-refractivity contribution in [3.63, 3.8) is 0 Å². The molecule has 1 aliphatic rings. The van der Waals surface area contributed by atoms with E-state index in [4.69, 9.17) is 16.6 Å². The molecule has 12 nitrogen and oxygen atoms in total. The summed E-state index contributed by atoms with van der Waals surface area (Å²) in [6.07, 6.45) is 4.14. The molecule has 34 heavy (non-hydrogen) atoms. The van der Waals surface area contributed by atoms with Gasteiger partial charge in [-0.15, -0.1) is 0 Å². The third-order valence-corrected chi connectivity index (χ3v) is 6.28. The van der Waals surface area contributed by atoms with Crippen LogP contribution in [0.25, 0.3) is 0 Å². The lowest BCUT2D eigenvalue weighted by molar-refractivity contribution is -0.149. The predicted molar refractivity (Wildman–Crippen MR) is 127 cm³/mol. The SMILES string of the molecule is CSCCC(NC(=O)C(N)CCC(=O)O)C(=O)NC(CCCCN)C(=O)N1CCCC1C(=O)O. The van der Waals surface area contributed by atoms with Gasteiger partial charge in [-0.05, 0) is 63.5 Å². The van der Waals surface area contributed by atoms with Gasteiger partial charge in [0.2, 0.25) is 17.7 Å². The van der Waals surface area contributed by atoms with Gasteiger partial charge in [0.25, 0.3) is 0 Å². The second kappa shape index (κ2) is 15.5. The largest absolute Gasteiger partial charge is 0.481 e. The van der Waals surface area contributed by atoms with Gasteiger partial charge in [0.05, 0.1) is 6.04 Å². The Morgan fingerprint density at radius 1 is 1.03 bits per heavy atom. The van der Waals surface area contributed by atoms with E-state index in [2.05, 4.69) is 10.6 Å². The number of aliphatic carboxylic acids is 2. The standard InChI is InChI=1S/C21H37N5O7S/c1-34-12-9-14(24-18(29)13(23)7-8-17(27)28)19(30)25-15(5-2-3-10-22)20(31)26-11-4-6-16(26)21(32)33/h13-16H,2-12,22-23H2,1H3,(H,24,29)(H,25,30)(H,27,28)(H,32,33). The summed E-state index contributed by atoms with van der Waals surface area (Å²) < 4.78 is 0. The molecule has 13 heteroatoms. The van der Waals surface area contributed by atoms with Gasteiger partial charge in [-0.1, -0.05) is 0 Å². The van der Waals surface area contributed by atoms with Gasteiger partial charge in [-0.2, -0.15) is 11.8 Å². The number of likely N-dealkylation sites (tertiary alicyclic amines) is 1. The fraction of sp³-hybridized carbons (Fsp3) is 0.762. The van der Waals surface area contributed by atoms with E-state index in [1.54, 1.807) is 0 Å². The number of carboxylic acids is 2. The van der Waals surface area contributed by atoms with Crippen molar-refractivity contribution in [3.05, 3.63) is 0 Å². The first-order valence-corrected chi connectivity index (χ1v) is 12.8. The molecule has 194 valence electrons. The van der Waals surface area contributed by atoms with Crippen molar-refractivity contribution in [2.24, 2.45) is 11.5 Å². The lowest BCUT2D eigenvalue weighted by atomic mass is 10.1. The molecule has 0 aliphatic carbocycles. The average molecular weight is 504 g/mol. The molecule has 4 atom stereocenters. The highest BCUT2D eigenvalue weighted by atomic mass is 32.2. The minimum Gasteiger partial charge on any atom is -0.481 e. The number of carbonyl (C=O) groups excluding carboxylic acids is 3. The van der Waals surface area contributed by atoms with Gasteiger partial charge < -0.3 is 37.2 Å². The van der Waals surface area contributed by atoms with Crippen molar-refractivity contribution in [2.45, 2.75) is 75.5 Å². The van der Waals surface area contributed by atoms with Gasteiger partial charge in [0, 0.05) is 13.0 Å². The second-order valence-electron chi connectivity index (χ2n) is 8.26. The molecule has 1 rings (SSSR count). The summed E-state index contributed by atoms with van der Waals surface area (Å²) in [5.41, 5.74) is 11.3. The van der Waals surface area contributed by atoms with Gasteiger partial charge in [-0.25, -0.2) is 4.79 Å². The minimum atomic E-state index is -1.09. The molecule has 0 aromatic rings. The van der Waals surface area contributed by atoms with Gasteiger partial charge >= 0.3 is 11.9 Å². The Kier molecular flexibility index (Phi) is 13.5. The molecule has 1 aliphatic heterocycles. The predicted octanol–water partition coefficient (Wildman–Crippen LogP) is -0.894. The van der Waals surface area contributed by atoms with Crippen LogP contribution in [0.5, 0.6) is 0 Å². The molecule has 4 unspecified atom stereocenters. The number of carbonyl (C=O) groups is 5. The smallest absolute Gasteiger partial charge is 0.326 e. The number of unbranched alkanes of at least 4 members (excludes halogenated alkanes) is 1. The number of nitrogens with two attached hydrogens (primary N) is 2. The number of hydrogen-bond acceptors (Lipinski definition) is 8. The number of nitrogens with one attached hydrogen (secondary N) is 2. The zero-order valence-electron chi connectivity index (χ0n) is 19.5. The van der Waals surface area contributed by atoms with Crippen molar-refractivity contribution in [1.82, 2.24) is 15.5 Å². The highest BCUT2D eigenvalue weighted by Gasteiger charge is 2.38. The zero-order valence-corrected chi connectivity index (χ0v) is 20.3. The van der Waals surface area contributed by atoms with Crippen LogP contribution in [0.4, 0.5) is 0 Å². The molecule has 1 saturated heterocycles. The Hall–Kier alpha value is -2.38. The molecule has 0 saturated carbocycles. The summed E-state index contributed by atoms with van der Waals surface area (Å²) in [5.74, 6) is -3.33. The van der Waals surface area contributed by atoms with E-state index in [0.717, 1.165) is 0 Å². The number of carboxylic acid groups (broad SMARTS) is 2. The van der Waals surface area contributed by atoms with Crippen molar-refractivity contribution in [1.29, 1.82) is 0 Å². The first-order valence-electron chi connectivity index (χ1n) is 11.4. The number of thioether (sulfide) groups is 1. The molecule has 1 heterocycles. The zero-order chi connectivity index (χ0) is 25.7. The Balaban J connectivity index is 2.94. The first kappa shape index (κ1) is 29.7. The normalized spacial score (nSPS) is 18.1. The molecule has 3 amide bonds. The van der Waals surface area contributed by atoms with E-state index in [-0.39, 0.29) is 25.7 Å². The summed E-state index contributed by atoms with van der Waals surface area (Å²) in [5, 5.41) is 23.5. The van der Waals surface area contributed by atoms with Crippen LogP contribution in [-0.2, 0) is 24.0 Å². The summed E-state index contributed by atoms with van der Waals surface area (Å²) in [4.78, 5) is 62.2. The third kappa shape index (κ3) is 9.85. The van der Waals surface area contributed by atoms with E-state index in [9.17, 15) is 29.1 Å². The molecule has 0 bridgehead atoms. The van der Waals surface area contributed by atoms with Crippen LogP contribution in [0.15, 0.2) is 0 Å². The Morgan fingerprint density at radius 2 is 1.71 bits per heavy atom. The van der Waals surface area contributed by atoms with Crippen LogP contribution in [0, 0.1) is 0 Å². The molecule has 0 aromatic heterocycles. The lowest BCUT2D eigenvalue weighted by Gasteiger charge is -2.29. The van der Waals surface area contributed by atoms with E-state index in [0.29, 0.717) is 44.5 Å². The number of amides is 3. The van der Waals surface area contributed by atoms with Crippen LogP contribution in [-0.4, -0.2) is 94.0 Å². The Morgan fingerprint density at radius 3 is 2.29 bits per heavy atom. The Labute approximate surface area is 203 Å². The van der Waals surface area contributed by atoms with Crippen LogP contribution in [0.2, 0.25) is 0 Å². The van der Waals surface area contributed by atoms with Crippen molar-refractivity contribution < 1.29 is 34.2 Å². The van der Waals surface area contributed by atoms with Gasteiger partial charge in [0.1, 0.15) is 18.1 Å². The molecule has 0 aromatic carbocycles. The Bertz CT molecular complexity index is 724. The van der Waals surface area contributed by atoms with Crippen LogP contribution >= 0.6 is 11.8 Å². The van der Waals surface area contributed by atoms with Crippen molar-refractivity contribution in [3.8, 4) is 0 Å². The van der Waals surface area contributed by atoms with Gasteiger partial charge in [-0.3, -0.25) is 19.2 Å². The molecular formula is C21H37N5O7S. The van der Waals surface area contributed by atoms with E-state index in [1.807, 2.05) is 6.26 Å². The minimum absolute atomic E-state index is 0.0796. The molecule has 0 radical (unpaired) electrons. The maximum atomic E-state index is 13.2. The van der Waals surface area contributed by atoms with E-state index >= 15 is 0 Å². The van der Waals surface area contributed by atoms with Crippen molar-refractivity contribution >= 4 is 41.4 Å². The van der Waals surface area contributed by atoms with Crippen LogP contribution < -0.4 is 22.1 Å².